The Kier molecular flexibility index (Phi) is 5.83. The number of aliphatic hydroxyl groups is 1. The van der Waals surface area contributed by atoms with Gasteiger partial charge in [0.05, 0.1) is 22.9 Å². The lowest BCUT2D eigenvalue weighted by atomic mass is 9.94. The first-order valence-electron chi connectivity index (χ1n) is 9.43. The van der Waals surface area contributed by atoms with Gasteiger partial charge in [-0.1, -0.05) is 12.1 Å². The Hall–Kier alpha value is -3.00. The molecule has 0 spiro atoms. The van der Waals surface area contributed by atoms with Gasteiger partial charge in [-0.2, -0.15) is 5.10 Å². The fourth-order valence-electron chi connectivity index (χ4n) is 3.73. The summed E-state index contributed by atoms with van der Waals surface area (Å²) in [5, 5.41) is 17.8. The lowest BCUT2D eigenvalue weighted by Crippen LogP contribution is -2.32. The van der Waals surface area contributed by atoms with Gasteiger partial charge in [0.2, 0.25) is 0 Å². The zero-order valence-corrected chi connectivity index (χ0v) is 17.0. The second-order valence-electron chi connectivity index (χ2n) is 7.51. The minimum absolute atomic E-state index is 0.0435. The van der Waals surface area contributed by atoms with Crippen LogP contribution in [0.4, 0.5) is 4.39 Å². The van der Waals surface area contributed by atoms with Crippen molar-refractivity contribution < 1.29 is 19.1 Å². The van der Waals surface area contributed by atoms with Crippen LogP contribution < -0.4 is 0 Å². The summed E-state index contributed by atoms with van der Waals surface area (Å²) in [5.41, 5.74) is 1.87. The normalized spacial score (nSPS) is 18.8. The first-order chi connectivity index (χ1) is 13.7. The van der Waals surface area contributed by atoms with Crippen molar-refractivity contribution in [2.45, 2.75) is 26.3 Å². The van der Waals surface area contributed by atoms with Gasteiger partial charge < -0.3 is 14.9 Å². The number of amides is 1. The number of hydrogen-bond acceptors (Lipinski definition) is 5. The van der Waals surface area contributed by atoms with Crippen LogP contribution in [0.15, 0.2) is 29.8 Å². The highest BCUT2D eigenvalue weighted by Crippen LogP contribution is 2.40. The molecule has 1 aliphatic heterocycles. The summed E-state index contributed by atoms with van der Waals surface area (Å²) in [5.74, 6) is -2.24. The Bertz CT molecular complexity index is 961. The minimum atomic E-state index is -0.860. The van der Waals surface area contributed by atoms with Crippen LogP contribution in [0, 0.1) is 19.7 Å². The smallest absolute Gasteiger partial charge is 0.295 e. The second-order valence-corrected chi connectivity index (χ2v) is 7.51. The molecule has 2 aromatic rings. The Morgan fingerprint density at radius 1 is 1.31 bits per heavy atom. The Balaban J connectivity index is 2.13. The number of H-pyrrole nitrogens is 1. The second kappa shape index (κ2) is 8.16. The Labute approximate surface area is 168 Å². The molecular weight excluding hydrogens is 375 g/mol. The summed E-state index contributed by atoms with van der Waals surface area (Å²) in [6.45, 7) is 4.45. The molecule has 1 aromatic heterocycles. The van der Waals surface area contributed by atoms with E-state index in [1.54, 1.807) is 19.9 Å². The number of aliphatic hydroxyl groups excluding tert-OH is 1. The van der Waals surface area contributed by atoms with Crippen LogP contribution in [0.25, 0.3) is 5.76 Å². The molecular formula is C21H25FN4O3. The number of aryl methyl sites for hydroxylation is 2. The number of Topliss-reactive ketones (excluding diaryl/α,β-unsaturated/α-hetero) is 1. The molecule has 2 heterocycles. The van der Waals surface area contributed by atoms with E-state index in [2.05, 4.69) is 10.2 Å². The fraction of sp³-hybridized carbons (Fsp3) is 0.381. The number of nitrogens with zero attached hydrogens (tertiary/aromatic N) is 3. The molecule has 1 saturated heterocycles. The molecule has 8 heteroatoms. The van der Waals surface area contributed by atoms with Crippen LogP contribution in [-0.4, -0.2) is 64.0 Å². The molecule has 1 fully saturated rings. The largest absolute Gasteiger partial charge is 0.507 e. The van der Waals surface area contributed by atoms with Crippen LogP contribution in [0.3, 0.4) is 0 Å². The molecule has 29 heavy (non-hydrogen) atoms. The Morgan fingerprint density at radius 2 is 2.03 bits per heavy atom. The average molecular weight is 400 g/mol. The molecule has 2 N–H and O–H groups in total. The highest BCUT2D eigenvalue weighted by Gasteiger charge is 2.46. The Morgan fingerprint density at radius 3 is 2.62 bits per heavy atom. The third-order valence-corrected chi connectivity index (χ3v) is 5.07. The molecule has 1 aromatic carbocycles. The van der Waals surface area contributed by atoms with E-state index in [9.17, 15) is 19.1 Å². The highest BCUT2D eigenvalue weighted by atomic mass is 19.1. The molecule has 1 atom stereocenters. The summed E-state index contributed by atoms with van der Waals surface area (Å²) in [7, 11) is 3.84. The number of ketones is 1. The van der Waals surface area contributed by atoms with Gasteiger partial charge in [0, 0.05) is 12.2 Å². The van der Waals surface area contributed by atoms with Crippen LogP contribution in [0.2, 0.25) is 0 Å². The zero-order chi connectivity index (χ0) is 21.3. The summed E-state index contributed by atoms with van der Waals surface area (Å²) in [6.07, 6.45) is 0.635. The average Bonchev–Trinajstić information content (AvgIpc) is 3.12. The van der Waals surface area contributed by atoms with E-state index in [1.165, 1.54) is 23.1 Å². The van der Waals surface area contributed by atoms with Crippen molar-refractivity contribution in [3.8, 4) is 0 Å². The number of carbonyl (C=O) groups is 2. The van der Waals surface area contributed by atoms with Crippen molar-refractivity contribution in [1.29, 1.82) is 0 Å². The zero-order valence-electron chi connectivity index (χ0n) is 17.0. The summed E-state index contributed by atoms with van der Waals surface area (Å²) < 4.78 is 13.9. The van der Waals surface area contributed by atoms with Gasteiger partial charge in [0.1, 0.15) is 11.6 Å². The van der Waals surface area contributed by atoms with Crippen LogP contribution in [0.1, 0.15) is 35.0 Å². The first kappa shape index (κ1) is 20.7. The number of rotatable bonds is 6. The quantitative estimate of drug-likeness (QED) is 0.442. The van der Waals surface area contributed by atoms with Crippen LogP contribution in [0.5, 0.6) is 0 Å². The summed E-state index contributed by atoms with van der Waals surface area (Å²) in [6, 6.07) is 4.91. The van der Waals surface area contributed by atoms with Crippen molar-refractivity contribution >= 4 is 17.4 Å². The standard InChI is InChI=1S/C21H25FN4O3/c1-12-16(13(2)24-23-12)19(27)17-18(14-7-5-8-15(22)11-14)26(21(29)20(17)28)10-6-9-25(3)4/h5,7-8,11,18,27H,6,9-10H2,1-4H3,(H,23,24). The number of likely N-dealkylation sites (tertiary alicyclic amines) is 1. The third kappa shape index (κ3) is 3.93. The molecule has 0 saturated carbocycles. The fourth-order valence-corrected chi connectivity index (χ4v) is 3.73. The maximum absolute atomic E-state index is 13.9. The number of aromatic nitrogens is 2. The molecule has 7 nitrogen and oxygen atoms in total. The van der Waals surface area contributed by atoms with Gasteiger partial charge in [-0.3, -0.25) is 14.7 Å². The summed E-state index contributed by atoms with van der Waals surface area (Å²) >= 11 is 0. The van der Waals surface area contributed by atoms with E-state index in [4.69, 9.17) is 0 Å². The van der Waals surface area contributed by atoms with Crippen LogP contribution in [-0.2, 0) is 9.59 Å². The van der Waals surface area contributed by atoms with Crippen molar-refractivity contribution in [2.75, 3.05) is 27.2 Å². The number of benzene rings is 1. The van der Waals surface area contributed by atoms with Crippen molar-refractivity contribution in [2.24, 2.45) is 0 Å². The predicted octanol–water partition coefficient (Wildman–Crippen LogP) is 2.54. The van der Waals surface area contributed by atoms with Gasteiger partial charge in [0.15, 0.2) is 0 Å². The third-order valence-electron chi connectivity index (χ3n) is 5.07. The van der Waals surface area contributed by atoms with E-state index in [-0.39, 0.29) is 11.3 Å². The van der Waals surface area contributed by atoms with Crippen LogP contribution >= 0.6 is 0 Å². The predicted molar refractivity (Wildman–Crippen MR) is 107 cm³/mol. The molecule has 0 bridgehead atoms. The maximum atomic E-state index is 13.9. The van der Waals surface area contributed by atoms with Gasteiger partial charge >= 0.3 is 0 Å². The molecule has 1 amide bonds. The maximum Gasteiger partial charge on any atom is 0.295 e. The molecule has 1 unspecified atom stereocenters. The number of hydrogen-bond donors (Lipinski definition) is 2. The molecule has 0 radical (unpaired) electrons. The van der Waals surface area contributed by atoms with E-state index >= 15 is 0 Å². The lowest BCUT2D eigenvalue weighted by molar-refractivity contribution is -0.139. The summed E-state index contributed by atoms with van der Waals surface area (Å²) in [4.78, 5) is 29.1. The topological polar surface area (TPSA) is 89.5 Å². The number of carbonyl (C=O) groups excluding carboxylic acids is 2. The minimum Gasteiger partial charge on any atom is -0.507 e. The van der Waals surface area contributed by atoms with Gasteiger partial charge in [-0.05, 0) is 58.6 Å². The van der Waals surface area contributed by atoms with E-state index in [0.717, 1.165) is 6.54 Å². The van der Waals surface area contributed by atoms with Crippen molar-refractivity contribution in [1.82, 2.24) is 20.0 Å². The molecule has 154 valence electrons. The monoisotopic (exact) mass is 400 g/mol. The highest BCUT2D eigenvalue weighted by molar-refractivity contribution is 6.46. The number of halogens is 1. The molecule has 3 rings (SSSR count). The van der Waals surface area contributed by atoms with E-state index in [0.29, 0.717) is 35.5 Å². The van der Waals surface area contributed by atoms with Gasteiger partial charge in [0.25, 0.3) is 11.7 Å². The van der Waals surface area contributed by atoms with E-state index < -0.39 is 23.5 Å². The number of nitrogens with one attached hydrogen (secondary N) is 1. The van der Waals surface area contributed by atoms with E-state index in [1.807, 2.05) is 19.0 Å². The lowest BCUT2D eigenvalue weighted by Gasteiger charge is -2.26. The SMILES string of the molecule is Cc1n[nH]c(C)c1C(O)=C1C(=O)C(=O)N(CCCN(C)C)C1c1cccc(F)c1. The van der Waals surface area contributed by atoms with Crippen molar-refractivity contribution in [3.05, 3.63) is 58.2 Å². The first-order valence-corrected chi connectivity index (χ1v) is 9.43. The molecule has 1 aliphatic rings. The van der Waals surface area contributed by atoms with Gasteiger partial charge in [-0.25, -0.2) is 4.39 Å². The van der Waals surface area contributed by atoms with Gasteiger partial charge in [-0.15, -0.1) is 0 Å². The number of aromatic amines is 1. The van der Waals surface area contributed by atoms with Crippen molar-refractivity contribution in [3.63, 3.8) is 0 Å². The molecule has 0 aliphatic carbocycles.